The van der Waals surface area contributed by atoms with Gasteiger partial charge in [0.2, 0.25) is 0 Å². The molecule has 2 aliphatic heterocycles. The number of rotatable bonds is 8. The molecule has 1 aromatic carbocycles. The standard InChI is InChI=1S/C34H43N7O5S/c1-22-21-47-29(35-22)26-14-11-17-41(26)30(43)24-18-25(36-27(19-24)40-15-9-10-16-40)28(42)38-39-31(44)34(5,20-23-12-7-6-8-13-23)37-32(45)46-33(2,3)4/h6-8,12-13,18-19,21,26H,9-11,14-17,20H2,1-5H3,(H,37,45)(H,38,42)(H,39,44)/t26-,34-/m1/s1. The summed E-state index contributed by atoms with van der Waals surface area (Å²) in [6.07, 6.45) is 3.01. The van der Waals surface area contributed by atoms with Crippen molar-refractivity contribution in [3.8, 4) is 0 Å². The van der Waals surface area contributed by atoms with E-state index in [1.165, 1.54) is 6.07 Å². The van der Waals surface area contributed by atoms with Gasteiger partial charge in [0.25, 0.3) is 17.7 Å². The minimum absolute atomic E-state index is 0.0104. The molecule has 3 N–H and O–H groups in total. The number of anilines is 1. The van der Waals surface area contributed by atoms with Crippen molar-refractivity contribution < 1.29 is 23.9 Å². The molecule has 4 amide bonds. The minimum atomic E-state index is -1.48. The number of aromatic nitrogens is 2. The van der Waals surface area contributed by atoms with Crippen LogP contribution >= 0.6 is 11.3 Å². The zero-order valence-corrected chi connectivity index (χ0v) is 28.4. The Kier molecular flexibility index (Phi) is 10.1. The summed E-state index contributed by atoms with van der Waals surface area (Å²) in [7, 11) is 0. The molecule has 250 valence electrons. The lowest BCUT2D eigenvalue weighted by atomic mass is 9.92. The van der Waals surface area contributed by atoms with Crippen molar-refractivity contribution in [1.82, 2.24) is 31.0 Å². The molecule has 2 saturated heterocycles. The molecule has 0 saturated carbocycles. The molecule has 2 atom stereocenters. The number of likely N-dealkylation sites (tertiary alicyclic amines) is 1. The maximum atomic E-state index is 14.0. The van der Waals surface area contributed by atoms with Gasteiger partial charge in [-0.15, -0.1) is 11.3 Å². The van der Waals surface area contributed by atoms with Crippen molar-refractivity contribution >= 4 is 41.0 Å². The Morgan fingerprint density at radius 2 is 1.68 bits per heavy atom. The third-order valence-corrected chi connectivity index (χ3v) is 9.19. The molecule has 5 rings (SSSR count). The van der Waals surface area contributed by atoms with Crippen LogP contribution < -0.4 is 21.1 Å². The first kappa shape index (κ1) is 33.8. The smallest absolute Gasteiger partial charge is 0.408 e. The van der Waals surface area contributed by atoms with Crippen molar-refractivity contribution in [2.45, 2.75) is 83.9 Å². The highest BCUT2D eigenvalue weighted by Crippen LogP contribution is 2.35. The van der Waals surface area contributed by atoms with Crippen LogP contribution in [0.3, 0.4) is 0 Å². The molecule has 4 heterocycles. The number of nitrogens with zero attached hydrogens (tertiary/aromatic N) is 4. The van der Waals surface area contributed by atoms with Gasteiger partial charge in [0.1, 0.15) is 27.7 Å². The van der Waals surface area contributed by atoms with Crippen molar-refractivity contribution in [3.63, 3.8) is 0 Å². The minimum Gasteiger partial charge on any atom is -0.444 e. The number of hydrogen-bond acceptors (Lipinski definition) is 9. The zero-order valence-electron chi connectivity index (χ0n) is 27.6. The maximum absolute atomic E-state index is 14.0. The number of hydrogen-bond donors (Lipinski definition) is 3. The fraction of sp³-hybridized carbons (Fsp3) is 0.471. The van der Waals surface area contributed by atoms with E-state index in [0.717, 1.165) is 55.0 Å². The average molecular weight is 662 g/mol. The Morgan fingerprint density at radius 1 is 0.957 bits per heavy atom. The summed E-state index contributed by atoms with van der Waals surface area (Å²) in [4.78, 5) is 67.0. The Labute approximate surface area is 279 Å². The van der Waals surface area contributed by atoms with E-state index in [1.807, 2.05) is 47.5 Å². The molecule has 0 radical (unpaired) electrons. The number of benzene rings is 1. The van der Waals surface area contributed by atoms with Crippen molar-refractivity contribution in [1.29, 1.82) is 0 Å². The highest BCUT2D eigenvalue weighted by Gasteiger charge is 2.38. The predicted molar refractivity (Wildman–Crippen MR) is 179 cm³/mol. The van der Waals surface area contributed by atoms with Gasteiger partial charge in [-0.3, -0.25) is 25.2 Å². The number of alkyl carbamates (subject to hydrolysis) is 1. The average Bonchev–Trinajstić information content (AvgIpc) is 3.81. The van der Waals surface area contributed by atoms with Crippen LogP contribution in [0.4, 0.5) is 10.6 Å². The molecule has 2 aromatic heterocycles. The number of carbonyl (C=O) groups excluding carboxylic acids is 4. The summed E-state index contributed by atoms with van der Waals surface area (Å²) in [5.74, 6) is -1.02. The summed E-state index contributed by atoms with van der Waals surface area (Å²) in [5, 5.41) is 5.57. The van der Waals surface area contributed by atoms with Gasteiger partial charge in [0.05, 0.1) is 6.04 Å². The predicted octanol–water partition coefficient (Wildman–Crippen LogP) is 4.71. The molecule has 12 nitrogen and oxygen atoms in total. The monoisotopic (exact) mass is 661 g/mol. The van der Waals surface area contributed by atoms with Crippen LogP contribution in [0.15, 0.2) is 47.8 Å². The van der Waals surface area contributed by atoms with Crippen LogP contribution in [0.2, 0.25) is 0 Å². The third kappa shape index (κ3) is 8.45. The normalized spacial score (nSPS) is 17.6. The number of ether oxygens (including phenoxy) is 1. The Balaban J connectivity index is 1.36. The van der Waals surface area contributed by atoms with Gasteiger partial charge in [-0.05, 0) is 78.0 Å². The first-order valence-electron chi connectivity index (χ1n) is 16.0. The van der Waals surface area contributed by atoms with Crippen LogP contribution in [-0.2, 0) is 16.0 Å². The second kappa shape index (κ2) is 14.1. The SMILES string of the molecule is Cc1csc([C@H]2CCCN2C(=O)c2cc(C(=O)NNC(=O)[C@@](C)(Cc3ccccc3)NC(=O)OC(C)(C)C)nc(N3CCCC3)c2)n1. The summed E-state index contributed by atoms with van der Waals surface area (Å²) >= 11 is 1.55. The highest BCUT2D eigenvalue weighted by atomic mass is 32.1. The van der Waals surface area contributed by atoms with Crippen LogP contribution in [-0.4, -0.2) is 69.5 Å². The molecule has 0 spiro atoms. The van der Waals surface area contributed by atoms with Gasteiger partial charge in [0.15, 0.2) is 0 Å². The maximum Gasteiger partial charge on any atom is 0.408 e. The highest BCUT2D eigenvalue weighted by molar-refractivity contribution is 7.09. The van der Waals surface area contributed by atoms with Crippen molar-refractivity contribution in [2.24, 2.45) is 0 Å². The molecule has 13 heteroatoms. The van der Waals surface area contributed by atoms with E-state index >= 15 is 0 Å². The van der Waals surface area contributed by atoms with E-state index in [2.05, 4.69) is 31.0 Å². The Morgan fingerprint density at radius 3 is 2.34 bits per heavy atom. The van der Waals surface area contributed by atoms with Gasteiger partial charge < -0.3 is 19.9 Å². The first-order valence-corrected chi connectivity index (χ1v) is 16.9. The van der Waals surface area contributed by atoms with E-state index < -0.39 is 29.0 Å². The lowest BCUT2D eigenvalue weighted by Crippen LogP contribution is -2.61. The van der Waals surface area contributed by atoms with Gasteiger partial charge in [-0.1, -0.05) is 30.3 Å². The zero-order chi connectivity index (χ0) is 33.8. The number of hydrazine groups is 1. The second-order valence-corrected chi connectivity index (χ2v) is 14.2. The van der Waals surface area contributed by atoms with Gasteiger partial charge in [0, 0.05) is 42.7 Å². The molecular formula is C34H43N7O5S. The van der Waals surface area contributed by atoms with Gasteiger partial charge >= 0.3 is 6.09 Å². The summed E-state index contributed by atoms with van der Waals surface area (Å²) in [6, 6.07) is 12.3. The van der Waals surface area contributed by atoms with E-state index in [0.29, 0.717) is 17.9 Å². The van der Waals surface area contributed by atoms with Crippen molar-refractivity contribution in [2.75, 3.05) is 24.5 Å². The molecule has 3 aromatic rings. The van der Waals surface area contributed by atoms with E-state index in [4.69, 9.17) is 4.74 Å². The van der Waals surface area contributed by atoms with E-state index in [-0.39, 0.29) is 24.1 Å². The fourth-order valence-electron chi connectivity index (χ4n) is 5.85. The number of amides is 4. The summed E-state index contributed by atoms with van der Waals surface area (Å²) < 4.78 is 5.42. The molecule has 2 fully saturated rings. The number of carbonyl (C=O) groups is 4. The molecule has 0 aliphatic carbocycles. The first-order chi connectivity index (χ1) is 22.3. The Hall–Kier alpha value is -4.52. The van der Waals surface area contributed by atoms with E-state index in [9.17, 15) is 19.2 Å². The van der Waals surface area contributed by atoms with E-state index in [1.54, 1.807) is 45.1 Å². The van der Waals surface area contributed by atoms with Crippen LogP contribution in [0.5, 0.6) is 0 Å². The van der Waals surface area contributed by atoms with Gasteiger partial charge in [-0.2, -0.15) is 0 Å². The van der Waals surface area contributed by atoms with Crippen LogP contribution in [0, 0.1) is 6.92 Å². The summed E-state index contributed by atoms with van der Waals surface area (Å²) in [6.45, 7) is 10.8. The molecular weight excluding hydrogens is 618 g/mol. The topological polar surface area (TPSA) is 146 Å². The largest absolute Gasteiger partial charge is 0.444 e. The molecule has 47 heavy (non-hydrogen) atoms. The number of thiazole rings is 1. The molecule has 0 bridgehead atoms. The lowest BCUT2D eigenvalue weighted by molar-refractivity contribution is -0.127. The quantitative estimate of drug-likeness (QED) is 0.295. The van der Waals surface area contributed by atoms with Crippen LogP contribution in [0.1, 0.15) is 96.5 Å². The van der Waals surface area contributed by atoms with Gasteiger partial charge in [-0.25, -0.2) is 14.8 Å². The molecule has 0 unspecified atom stereocenters. The fourth-order valence-corrected chi connectivity index (χ4v) is 6.79. The van der Waals surface area contributed by atoms with Crippen molar-refractivity contribution in [3.05, 3.63) is 75.4 Å². The number of pyridine rings is 1. The number of aryl methyl sites for hydroxylation is 1. The lowest BCUT2D eigenvalue weighted by Gasteiger charge is -2.31. The molecule has 2 aliphatic rings. The summed E-state index contributed by atoms with van der Waals surface area (Å²) in [5.41, 5.74) is 4.72. The van der Waals surface area contributed by atoms with Crippen LogP contribution in [0.25, 0.3) is 0 Å². The number of nitrogens with one attached hydrogen (secondary N) is 3. The third-order valence-electron chi connectivity index (χ3n) is 8.13. The second-order valence-electron chi connectivity index (χ2n) is 13.3. The Bertz CT molecular complexity index is 1620.